The highest BCUT2D eigenvalue weighted by Gasteiger charge is 2.24. The number of carboxylic acids is 1. The second-order valence-corrected chi connectivity index (χ2v) is 6.91. The summed E-state index contributed by atoms with van der Waals surface area (Å²) in [5.74, 6) is -1.25. The van der Waals surface area contributed by atoms with Gasteiger partial charge in [-0.05, 0) is 32.0 Å². The molecule has 1 aromatic rings. The van der Waals surface area contributed by atoms with Crippen LogP contribution in [-0.4, -0.2) is 26.0 Å². The largest absolute Gasteiger partial charge is 0.478 e. The molecule has 0 bridgehead atoms. The van der Waals surface area contributed by atoms with Crippen LogP contribution in [0.3, 0.4) is 0 Å². The molecule has 0 atom stereocenters. The number of nitriles is 1. The topological polar surface area (TPSA) is 107 Å². The van der Waals surface area contributed by atoms with Crippen LogP contribution >= 0.6 is 11.6 Å². The minimum Gasteiger partial charge on any atom is -0.478 e. The van der Waals surface area contributed by atoms with E-state index in [1.807, 2.05) is 6.07 Å². The molecular formula is C12H13ClN2O4S. The van der Waals surface area contributed by atoms with Crippen LogP contribution in [0.4, 0.5) is 0 Å². The third kappa shape index (κ3) is 3.93. The van der Waals surface area contributed by atoms with E-state index in [1.165, 1.54) is 12.1 Å². The Hall–Kier alpha value is -1.62. The van der Waals surface area contributed by atoms with Crippen molar-refractivity contribution in [3.8, 4) is 6.07 Å². The molecule has 0 aliphatic heterocycles. The number of benzene rings is 1. The molecule has 0 radical (unpaired) electrons. The van der Waals surface area contributed by atoms with Gasteiger partial charge >= 0.3 is 5.97 Å². The zero-order valence-electron chi connectivity index (χ0n) is 10.8. The second-order valence-electron chi connectivity index (χ2n) is 4.77. The molecule has 0 amide bonds. The molecule has 0 saturated carbocycles. The summed E-state index contributed by atoms with van der Waals surface area (Å²) in [6.45, 7) is 3.04. The van der Waals surface area contributed by atoms with Crippen molar-refractivity contribution in [2.75, 3.05) is 6.54 Å². The first-order chi connectivity index (χ1) is 9.09. The summed E-state index contributed by atoms with van der Waals surface area (Å²) in [6.07, 6.45) is 0. The lowest BCUT2D eigenvalue weighted by Gasteiger charge is -2.16. The van der Waals surface area contributed by atoms with Crippen LogP contribution in [0, 0.1) is 16.7 Å². The van der Waals surface area contributed by atoms with Gasteiger partial charge in [0.1, 0.15) is 4.90 Å². The molecular weight excluding hydrogens is 304 g/mol. The van der Waals surface area contributed by atoms with E-state index < -0.39 is 21.4 Å². The van der Waals surface area contributed by atoms with Crippen LogP contribution in [-0.2, 0) is 10.0 Å². The monoisotopic (exact) mass is 316 g/mol. The standard InChI is InChI=1S/C12H13ClN2O4S/c1-12(2,6-14)7-15-20(18,19)10-5-8(11(16)17)3-4-9(10)13/h3-5,15H,7H2,1-2H3,(H,16,17). The Morgan fingerprint density at radius 2 is 2.10 bits per heavy atom. The average Bonchev–Trinajstić information content (AvgIpc) is 2.37. The smallest absolute Gasteiger partial charge is 0.335 e. The lowest BCUT2D eigenvalue weighted by atomic mass is 9.97. The number of rotatable bonds is 5. The van der Waals surface area contributed by atoms with Crippen molar-refractivity contribution in [1.29, 1.82) is 5.26 Å². The third-order valence-corrected chi connectivity index (χ3v) is 4.36. The quantitative estimate of drug-likeness (QED) is 0.862. The Labute approximate surface area is 122 Å². The van der Waals surface area contributed by atoms with Gasteiger partial charge in [0.2, 0.25) is 10.0 Å². The van der Waals surface area contributed by atoms with Gasteiger partial charge in [-0.2, -0.15) is 5.26 Å². The molecule has 0 aliphatic rings. The van der Waals surface area contributed by atoms with Gasteiger partial charge in [-0.1, -0.05) is 11.6 Å². The first-order valence-corrected chi connectivity index (χ1v) is 7.39. The number of hydrogen-bond acceptors (Lipinski definition) is 4. The number of sulfonamides is 1. The predicted molar refractivity (Wildman–Crippen MR) is 73.0 cm³/mol. The first kappa shape index (κ1) is 16.4. The maximum atomic E-state index is 12.1. The molecule has 0 aliphatic carbocycles. The van der Waals surface area contributed by atoms with Crippen molar-refractivity contribution in [2.24, 2.45) is 5.41 Å². The summed E-state index contributed by atoms with van der Waals surface area (Å²) >= 11 is 5.79. The van der Waals surface area contributed by atoms with Crippen LogP contribution in [0.25, 0.3) is 0 Å². The van der Waals surface area contributed by atoms with Crippen molar-refractivity contribution in [2.45, 2.75) is 18.7 Å². The summed E-state index contributed by atoms with van der Waals surface area (Å²) in [4.78, 5) is 10.5. The number of carbonyl (C=O) groups is 1. The average molecular weight is 317 g/mol. The normalized spacial score (nSPS) is 11.9. The van der Waals surface area contributed by atoms with Gasteiger partial charge in [0.15, 0.2) is 0 Å². The van der Waals surface area contributed by atoms with Crippen LogP contribution in [0.15, 0.2) is 23.1 Å². The van der Waals surface area contributed by atoms with Crippen molar-refractivity contribution in [1.82, 2.24) is 4.72 Å². The molecule has 1 rings (SSSR count). The van der Waals surface area contributed by atoms with E-state index in [-0.39, 0.29) is 22.0 Å². The Kier molecular flexibility index (Phi) is 4.76. The van der Waals surface area contributed by atoms with Crippen LogP contribution in [0.1, 0.15) is 24.2 Å². The summed E-state index contributed by atoms with van der Waals surface area (Å²) in [7, 11) is -3.99. The van der Waals surface area contributed by atoms with E-state index in [2.05, 4.69) is 4.72 Å². The highest BCUT2D eigenvalue weighted by Crippen LogP contribution is 2.23. The number of hydrogen-bond donors (Lipinski definition) is 2. The fraction of sp³-hybridized carbons (Fsp3) is 0.333. The minimum absolute atomic E-state index is 0.0859. The Morgan fingerprint density at radius 1 is 1.50 bits per heavy atom. The van der Waals surface area contributed by atoms with Gasteiger partial charge < -0.3 is 5.11 Å². The van der Waals surface area contributed by atoms with E-state index in [1.54, 1.807) is 13.8 Å². The van der Waals surface area contributed by atoms with Gasteiger partial charge in [-0.3, -0.25) is 0 Å². The van der Waals surface area contributed by atoms with Gasteiger partial charge in [-0.15, -0.1) is 0 Å². The first-order valence-electron chi connectivity index (χ1n) is 5.53. The SMILES string of the molecule is CC(C)(C#N)CNS(=O)(=O)c1cc(C(=O)O)ccc1Cl. The van der Waals surface area contributed by atoms with E-state index in [0.29, 0.717) is 0 Å². The van der Waals surface area contributed by atoms with Gasteiger partial charge in [-0.25, -0.2) is 17.9 Å². The highest BCUT2D eigenvalue weighted by atomic mass is 35.5. The Bertz CT molecular complexity index is 677. The fourth-order valence-electron chi connectivity index (χ4n) is 1.24. The molecule has 8 heteroatoms. The van der Waals surface area contributed by atoms with Crippen LogP contribution < -0.4 is 4.72 Å². The third-order valence-electron chi connectivity index (χ3n) is 2.47. The number of halogens is 1. The van der Waals surface area contributed by atoms with Crippen molar-refractivity contribution < 1.29 is 18.3 Å². The van der Waals surface area contributed by atoms with Crippen molar-refractivity contribution in [3.05, 3.63) is 28.8 Å². The number of nitrogens with zero attached hydrogens (tertiary/aromatic N) is 1. The predicted octanol–water partition coefficient (Wildman–Crippen LogP) is 1.87. The summed E-state index contributed by atoms with van der Waals surface area (Å²) in [5.41, 5.74) is -1.07. The number of aromatic carboxylic acids is 1. The summed E-state index contributed by atoms with van der Waals surface area (Å²) in [5, 5.41) is 17.6. The second kappa shape index (κ2) is 5.79. The molecule has 20 heavy (non-hydrogen) atoms. The van der Waals surface area contributed by atoms with E-state index in [4.69, 9.17) is 22.0 Å². The molecule has 6 nitrogen and oxygen atoms in total. The van der Waals surface area contributed by atoms with Crippen molar-refractivity contribution in [3.63, 3.8) is 0 Å². The summed E-state index contributed by atoms with van der Waals surface area (Å²) < 4.78 is 26.4. The van der Waals surface area contributed by atoms with Crippen LogP contribution in [0.2, 0.25) is 5.02 Å². The zero-order chi connectivity index (χ0) is 15.6. The van der Waals surface area contributed by atoms with Gasteiger partial charge in [0.05, 0.1) is 22.1 Å². The molecule has 0 unspecified atom stereocenters. The molecule has 0 heterocycles. The maximum Gasteiger partial charge on any atom is 0.335 e. The van der Waals surface area contributed by atoms with E-state index >= 15 is 0 Å². The van der Waals surface area contributed by atoms with Gasteiger partial charge in [0.25, 0.3) is 0 Å². The molecule has 0 saturated heterocycles. The number of carboxylic acid groups (broad SMARTS) is 1. The maximum absolute atomic E-state index is 12.1. The lowest BCUT2D eigenvalue weighted by Crippen LogP contribution is -2.33. The van der Waals surface area contributed by atoms with Gasteiger partial charge in [0, 0.05) is 6.54 Å². The lowest BCUT2D eigenvalue weighted by molar-refractivity contribution is 0.0696. The molecule has 0 spiro atoms. The van der Waals surface area contributed by atoms with Crippen LogP contribution in [0.5, 0.6) is 0 Å². The van der Waals surface area contributed by atoms with E-state index in [9.17, 15) is 13.2 Å². The molecule has 0 aromatic heterocycles. The molecule has 2 N–H and O–H groups in total. The Balaban J connectivity index is 3.13. The minimum atomic E-state index is -3.99. The summed E-state index contributed by atoms with van der Waals surface area (Å²) in [6, 6.07) is 5.35. The fourth-order valence-corrected chi connectivity index (χ4v) is 2.97. The molecule has 1 aromatic carbocycles. The van der Waals surface area contributed by atoms with Crippen molar-refractivity contribution >= 4 is 27.6 Å². The molecule has 0 fully saturated rings. The highest BCUT2D eigenvalue weighted by molar-refractivity contribution is 7.89. The number of nitrogens with one attached hydrogen (secondary N) is 1. The van der Waals surface area contributed by atoms with E-state index in [0.717, 1.165) is 6.07 Å². The Morgan fingerprint density at radius 3 is 2.60 bits per heavy atom. The molecule has 108 valence electrons. The zero-order valence-corrected chi connectivity index (χ0v) is 12.4.